The summed E-state index contributed by atoms with van der Waals surface area (Å²) in [6.07, 6.45) is 1.20. The van der Waals surface area contributed by atoms with Crippen molar-refractivity contribution in [2.45, 2.75) is 12.0 Å². The summed E-state index contributed by atoms with van der Waals surface area (Å²) in [5, 5.41) is 1.97. The van der Waals surface area contributed by atoms with Gasteiger partial charge in [0.1, 0.15) is 12.6 Å². The summed E-state index contributed by atoms with van der Waals surface area (Å²) in [5.74, 6) is -0.387. The molecule has 6 heteroatoms. The molecule has 1 saturated heterocycles. The van der Waals surface area contributed by atoms with Crippen molar-refractivity contribution in [3.05, 3.63) is 35.0 Å². The molecular formula is C14H18N2O3S. The topological polar surface area (TPSA) is 49.9 Å². The third kappa shape index (κ3) is 2.76. The molecule has 1 aromatic heterocycles. The number of thiophene rings is 1. The van der Waals surface area contributed by atoms with Crippen LogP contribution in [0.3, 0.4) is 0 Å². The quantitative estimate of drug-likeness (QED) is 0.779. The Balaban J connectivity index is 2.28. The SMILES string of the molecule is C=C[C@@H](c1cccs1)[C@@H](C(=O)N1CCOC1=O)N(C)C. The van der Waals surface area contributed by atoms with Gasteiger partial charge in [-0.2, -0.15) is 0 Å². The maximum atomic E-state index is 12.6. The van der Waals surface area contributed by atoms with Gasteiger partial charge in [0.2, 0.25) is 5.91 Å². The first-order chi connectivity index (χ1) is 9.56. The second-order valence-corrected chi connectivity index (χ2v) is 5.77. The molecule has 0 aromatic carbocycles. The number of hydrogen-bond acceptors (Lipinski definition) is 5. The lowest BCUT2D eigenvalue weighted by Crippen LogP contribution is -2.49. The Bertz CT molecular complexity index is 499. The van der Waals surface area contributed by atoms with Crippen molar-refractivity contribution in [1.29, 1.82) is 0 Å². The fourth-order valence-electron chi connectivity index (χ4n) is 2.33. The average Bonchev–Trinajstić information content (AvgIpc) is 3.05. The minimum Gasteiger partial charge on any atom is -0.447 e. The first kappa shape index (κ1) is 14.7. The van der Waals surface area contributed by atoms with Crippen LogP contribution in [-0.4, -0.2) is 55.1 Å². The Morgan fingerprint density at radius 1 is 1.60 bits per heavy atom. The summed E-state index contributed by atoms with van der Waals surface area (Å²) in [6, 6.07) is 3.46. The van der Waals surface area contributed by atoms with Crippen LogP contribution in [-0.2, 0) is 9.53 Å². The molecule has 1 fully saturated rings. The number of likely N-dealkylation sites (N-methyl/N-ethyl adjacent to an activating group) is 1. The van der Waals surface area contributed by atoms with Gasteiger partial charge in [-0.05, 0) is 25.5 Å². The van der Waals surface area contributed by atoms with E-state index in [4.69, 9.17) is 4.74 Å². The Hall–Kier alpha value is -1.66. The second kappa shape index (κ2) is 6.19. The summed E-state index contributed by atoms with van der Waals surface area (Å²) in [7, 11) is 3.65. The lowest BCUT2D eigenvalue weighted by atomic mass is 9.96. The van der Waals surface area contributed by atoms with Crippen LogP contribution in [0.5, 0.6) is 0 Å². The summed E-state index contributed by atoms with van der Waals surface area (Å²) >= 11 is 1.58. The van der Waals surface area contributed by atoms with Crippen LogP contribution in [0.4, 0.5) is 4.79 Å². The molecule has 1 aliphatic rings. The third-order valence-corrected chi connectivity index (χ3v) is 4.28. The van der Waals surface area contributed by atoms with E-state index in [0.29, 0.717) is 6.54 Å². The Morgan fingerprint density at radius 2 is 2.35 bits per heavy atom. The number of imide groups is 1. The van der Waals surface area contributed by atoms with Gasteiger partial charge in [-0.25, -0.2) is 9.69 Å². The van der Waals surface area contributed by atoms with E-state index in [1.54, 1.807) is 17.4 Å². The van der Waals surface area contributed by atoms with E-state index in [1.165, 1.54) is 4.90 Å². The fourth-order valence-corrected chi connectivity index (χ4v) is 3.18. The highest BCUT2D eigenvalue weighted by Crippen LogP contribution is 2.29. The molecule has 2 atom stereocenters. The van der Waals surface area contributed by atoms with Gasteiger partial charge in [-0.3, -0.25) is 9.69 Å². The van der Waals surface area contributed by atoms with Crippen LogP contribution in [0.2, 0.25) is 0 Å². The van der Waals surface area contributed by atoms with Crippen molar-refractivity contribution in [2.24, 2.45) is 0 Å². The molecule has 108 valence electrons. The van der Waals surface area contributed by atoms with E-state index in [9.17, 15) is 9.59 Å². The van der Waals surface area contributed by atoms with Crippen LogP contribution in [0.1, 0.15) is 10.8 Å². The molecule has 0 aliphatic carbocycles. The van der Waals surface area contributed by atoms with Gasteiger partial charge in [0.05, 0.1) is 6.54 Å². The van der Waals surface area contributed by atoms with Crippen molar-refractivity contribution >= 4 is 23.3 Å². The first-order valence-electron chi connectivity index (χ1n) is 6.36. The minimum atomic E-state index is -0.559. The van der Waals surface area contributed by atoms with Crippen LogP contribution in [0.25, 0.3) is 0 Å². The molecule has 0 radical (unpaired) electrons. The van der Waals surface area contributed by atoms with Crippen molar-refractivity contribution in [3.8, 4) is 0 Å². The number of carbonyl (C=O) groups excluding carboxylic acids is 2. The number of rotatable bonds is 5. The molecule has 1 aliphatic heterocycles. The number of nitrogens with zero attached hydrogens (tertiary/aromatic N) is 2. The molecule has 0 saturated carbocycles. The van der Waals surface area contributed by atoms with Gasteiger partial charge < -0.3 is 4.74 Å². The van der Waals surface area contributed by atoms with E-state index in [-0.39, 0.29) is 18.4 Å². The molecule has 2 heterocycles. The van der Waals surface area contributed by atoms with Crippen LogP contribution in [0, 0.1) is 0 Å². The van der Waals surface area contributed by atoms with Crippen LogP contribution >= 0.6 is 11.3 Å². The Labute approximate surface area is 122 Å². The second-order valence-electron chi connectivity index (χ2n) is 4.79. The molecule has 2 amide bonds. The van der Waals surface area contributed by atoms with Gasteiger partial charge in [0.15, 0.2) is 0 Å². The molecule has 1 aromatic rings. The zero-order valence-corrected chi connectivity index (χ0v) is 12.4. The highest BCUT2D eigenvalue weighted by Gasteiger charge is 2.38. The molecule has 0 unspecified atom stereocenters. The smallest absolute Gasteiger partial charge is 0.416 e. The molecule has 5 nitrogen and oxygen atoms in total. The standard InChI is InChI=1S/C14H18N2O3S/c1-4-10(11-6-5-9-20-11)12(15(2)3)13(17)16-7-8-19-14(16)18/h4-6,9-10,12H,1,7-8H2,2-3H3/t10-,12-/m0/s1. The summed E-state index contributed by atoms with van der Waals surface area (Å²) in [5.41, 5.74) is 0. The first-order valence-corrected chi connectivity index (χ1v) is 7.24. The Morgan fingerprint density at radius 3 is 2.80 bits per heavy atom. The predicted molar refractivity (Wildman–Crippen MR) is 77.8 cm³/mol. The molecule has 20 heavy (non-hydrogen) atoms. The summed E-state index contributed by atoms with van der Waals surface area (Å²) < 4.78 is 4.85. The van der Waals surface area contributed by atoms with Gasteiger partial charge in [-0.15, -0.1) is 17.9 Å². The van der Waals surface area contributed by atoms with E-state index < -0.39 is 12.1 Å². The molecule has 2 rings (SSSR count). The monoisotopic (exact) mass is 294 g/mol. The van der Waals surface area contributed by atoms with Gasteiger partial charge in [-0.1, -0.05) is 12.1 Å². The van der Waals surface area contributed by atoms with Crippen LogP contribution < -0.4 is 0 Å². The lowest BCUT2D eigenvalue weighted by Gasteiger charge is -2.30. The molecule has 0 N–H and O–H groups in total. The molecule has 0 spiro atoms. The van der Waals surface area contributed by atoms with Crippen molar-refractivity contribution in [1.82, 2.24) is 9.80 Å². The summed E-state index contributed by atoms with van der Waals surface area (Å²) in [6.45, 7) is 4.42. The number of ether oxygens (including phenoxy) is 1. The number of carbonyl (C=O) groups is 2. The third-order valence-electron chi connectivity index (χ3n) is 3.30. The highest BCUT2D eigenvalue weighted by molar-refractivity contribution is 7.10. The normalized spacial score (nSPS) is 17.9. The predicted octanol–water partition coefficient (Wildman–Crippen LogP) is 1.93. The van der Waals surface area contributed by atoms with E-state index in [0.717, 1.165) is 4.88 Å². The highest BCUT2D eigenvalue weighted by atomic mass is 32.1. The van der Waals surface area contributed by atoms with Gasteiger partial charge in [0.25, 0.3) is 0 Å². The summed E-state index contributed by atoms with van der Waals surface area (Å²) in [4.78, 5) is 28.3. The fraction of sp³-hybridized carbons (Fsp3) is 0.429. The van der Waals surface area contributed by atoms with Crippen LogP contribution in [0.15, 0.2) is 30.2 Å². The van der Waals surface area contributed by atoms with E-state index >= 15 is 0 Å². The maximum Gasteiger partial charge on any atom is 0.416 e. The van der Waals surface area contributed by atoms with Gasteiger partial charge >= 0.3 is 6.09 Å². The molecular weight excluding hydrogens is 276 g/mol. The number of amides is 2. The number of hydrogen-bond donors (Lipinski definition) is 0. The average molecular weight is 294 g/mol. The number of cyclic esters (lactones) is 1. The van der Waals surface area contributed by atoms with Gasteiger partial charge in [0, 0.05) is 10.8 Å². The maximum absolute atomic E-state index is 12.6. The largest absolute Gasteiger partial charge is 0.447 e. The van der Waals surface area contributed by atoms with E-state index in [1.807, 2.05) is 36.5 Å². The molecule has 0 bridgehead atoms. The van der Waals surface area contributed by atoms with Crippen molar-refractivity contribution in [2.75, 3.05) is 27.2 Å². The van der Waals surface area contributed by atoms with Crippen molar-refractivity contribution < 1.29 is 14.3 Å². The van der Waals surface area contributed by atoms with E-state index in [2.05, 4.69) is 6.58 Å². The zero-order chi connectivity index (χ0) is 14.7. The Kier molecular flexibility index (Phi) is 4.57. The zero-order valence-electron chi connectivity index (χ0n) is 11.6. The van der Waals surface area contributed by atoms with Crippen molar-refractivity contribution in [3.63, 3.8) is 0 Å². The minimum absolute atomic E-state index is 0.147. The lowest BCUT2D eigenvalue weighted by molar-refractivity contribution is -0.132.